The number of imidazole rings is 1. The Morgan fingerprint density at radius 2 is 1.81 bits per heavy atom. The van der Waals surface area contributed by atoms with Gasteiger partial charge in [-0.1, -0.05) is 26.7 Å². The van der Waals surface area contributed by atoms with Crippen molar-refractivity contribution in [3.05, 3.63) is 26.1 Å². The number of aryl methyl sites for hydroxylation is 1. The van der Waals surface area contributed by atoms with E-state index in [0.29, 0.717) is 5.92 Å². The van der Waals surface area contributed by atoms with Gasteiger partial charge in [0.05, 0.1) is 0 Å². The molecule has 0 spiro atoms. The molecule has 0 bridgehead atoms. The zero-order chi connectivity index (χ0) is 19.6. The Balaban J connectivity index is 2.21. The quantitative estimate of drug-likeness (QED) is 0.732. The monoisotopic (exact) mass is 383 g/mol. The summed E-state index contributed by atoms with van der Waals surface area (Å²) in [6.07, 6.45) is 3.04. The molecule has 1 atom stereocenters. The molecule has 0 aliphatic carbocycles. The standard InChI is InChI=1S/C17H26ClN5O3/c1-10(2)7-6-8-11(3)19-12(24)9-23-13-14(20-16(23)18)21(4)17(26)22(5)15(13)25/h10-11H,6-9H2,1-5H3,(H,19,24)/t11-/m1/s1. The van der Waals surface area contributed by atoms with Crippen LogP contribution in [-0.4, -0.2) is 30.6 Å². The van der Waals surface area contributed by atoms with Crippen LogP contribution in [0.2, 0.25) is 5.28 Å². The van der Waals surface area contributed by atoms with E-state index in [1.165, 1.54) is 23.2 Å². The van der Waals surface area contributed by atoms with E-state index in [2.05, 4.69) is 24.1 Å². The SMILES string of the molecule is CC(C)CCC[C@@H](C)NC(=O)Cn1c(Cl)nc2c1c(=O)n(C)c(=O)n2C. The first-order chi connectivity index (χ1) is 12.1. The predicted octanol–water partition coefficient (Wildman–Crippen LogP) is 1.42. The molecule has 8 nitrogen and oxygen atoms in total. The zero-order valence-corrected chi connectivity index (χ0v) is 16.6. The summed E-state index contributed by atoms with van der Waals surface area (Å²) in [7, 11) is 2.89. The molecule has 2 rings (SSSR count). The number of nitrogens with one attached hydrogen (secondary N) is 1. The summed E-state index contributed by atoms with van der Waals surface area (Å²) < 4.78 is 3.56. The lowest BCUT2D eigenvalue weighted by Gasteiger charge is -2.15. The van der Waals surface area contributed by atoms with Gasteiger partial charge in [-0.25, -0.2) is 4.79 Å². The molecule has 0 aliphatic rings. The van der Waals surface area contributed by atoms with Crippen LogP contribution in [0.15, 0.2) is 9.59 Å². The number of carbonyl (C=O) groups is 1. The van der Waals surface area contributed by atoms with Gasteiger partial charge in [0.2, 0.25) is 11.2 Å². The molecule has 0 fully saturated rings. The van der Waals surface area contributed by atoms with Crippen LogP contribution in [0.25, 0.3) is 11.2 Å². The molecule has 26 heavy (non-hydrogen) atoms. The molecular weight excluding hydrogens is 358 g/mol. The average Bonchev–Trinajstić information content (AvgIpc) is 2.87. The normalized spacial score (nSPS) is 12.7. The van der Waals surface area contributed by atoms with Gasteiger partial charge in [-0.15, -0.1) is 0 Å². The predicted molar refractivity (Wildman–Crippen MR) is 102 cm³/mol. The average molecular weight is 384 g/mol. The van der Waals surface area contributed by atoms with Crippen LogP contribution in [0.5, 0.6) is 0 Å². The van der Waals surface area contributed by atoms with Crippen LogP contribution in [0.4, 0.5) is 0 Å². The van der Waals surface area contributed by atoms with Gasteiger partial charge >= 0.3 is 5.69 Å². The number of amides is 1. The highest BCUT2D eigenvalue weighted by atomic mass is 35.5. The fourth-order valence-electron chi connectivity index (χ4n) is 2.93. The second-order valence-corrected chi connectivity index (χ2v) is 7.48. The highest BCUT2D eigenvalue weighted by Crippen LogP contribution is 2.15. The number of aromatic nitrogens is 4. The van der Waals surface area contributed by atoms with Crippen LogP contribution < -0.4 is 16.6 Å². The lowest BCUT2D eigenvalue weighted by Crippen LogP contribution is -2.39. The Labute approximate surface area is 156 Å². The number of carbonyl (C=O) groups excluding carboxylic acids is 1. The van der Waals surface area contributed by atoms with E-state index in [9.17, 15) is 14.4 Å². The fourth-order valence-corrected chi connectivity index (χ4v) is 3.16. The van der Waals surface area contributed by atoms with Gasteiger partial charge in [0.1, 0.15) is 6.54 Å². The molecule has 1 amide bonds. The van der Waals surface area contributed by atoms with Gasteiger partial charge in [0.25, 0.3) is 5.56 Å². The van der Waals surface area contributed by atoms with E-state index in [1.54, 1.807) is 0 Å². The highest BCUT2D eigenvalue weighted by molar-refractivity contribution is 6.29. The summed E-state index contributed by atoms with van der Waals surface area (Å²) in [5, 5.41) is 2.92. The number of nitrogens with zero attached hydrogens (tertiary/aromatic N) is 4. The molecule has 0 saturated heterocycles. The molecule has 0 aromatic carbocycles. The van der Waals surface area contributed by atoms with E-state index in [4.69, 9.17) is 11.6 Å². The maximum absolute atomic E-state index is 12.4. The molecule has 2 aromatic heterocycles. The van der Waals surface area contributed by atoms with Gasteiger partial charge in [0, 0.05) is 20.1 Å². The summed E-state index contributed by atoms with van der Waals surface area (Å²) in [5.41, 5.74) is -0.713. The number of hydrogen-bond acceptors (Lipinski definition) is 4. The van der Waals surface area contributed by atoms with Crippen LogP contribution in [-0.2, 0) is 25.4 Å². The van der Waals surface area contributed by atoms with Crippen molar-refractivity contribution >= 4 is 28.7 Å². The minimum Gasteiger partial charge on any atom is -0.352 e. The fraction of sp³-hybridized carbons (Fsp3) is 0.647. The molecule has 0 radical (unpaired) electrons. The minimum atomic E-state index is -0.528. The number of hydrogen-bond donors (Lipinski definition) is 1. The Morgan fingerprint density at radius 1 is 1.15 bits per heavy atom. The van der Waals surface area contributed by atoms with Crippen LogP contribution in [0.1, 0.15) is 40.0 Å². The third-order valence-electron chi connectivity index (χ3n) is 4.43. The largest absolute Gasteiger partial charge is 0.352 e. The van der Waals surface area contributed by atoms with Gasteiger partial charge in [-0.3, -0.25) is 23.3 Å². The number of fused-ring (bicyclic) bond motifs is 1. The molecular formula is C17H26ClN5O3. The van der Waals surface area contributed by atoms with Crippen molar-refractivity contribution in [2.24, 2.45) is 20.0 Å². The van der Waals surface area contributed by atoms with Crippen LogP contribution in [0.3, 0.4) is 0 Å². The lowest BCUT2D eigenvalue weighted by molar-refractivity contribution is -0.122. The van der Waals surface area contributed by atoms with Gasteiger partial charge in [-0.05, 0) is 30.9 Å². The summed E-state index contributed by atoms with van der Waals surface area (Å²) in [5.74, 6) is 0.385. The molecule has 0 saturated carbocycles. The van der Waals surface area contributed by atoms with Crippen molar-refractivity contribution in [2.75, 3.05) is 0 Å². The summed E-state index contributed by atoms with van der Waals surface area (Å²) >= 11 is 6.12. The lowest BCUT2D eigenvalue weighted by atomic mass is 10.0. The summed E-state index contributed by atoms with van der Waals surface area (Å²) in [4.78, 5) is 40.9. The molecule has 0 unspecified atom stereocenters. The van der Waals surface area contributed by atoms with Gasteiger partial charge in [0.15, 0.2) is 11.2 Å². The maximum atomic E-state index is 12.4. The third-order valence-corrected chi connectivity index (χ3v) is 4.72. The molecule has 144 valence electrons. The molecule has 9 heteroatoms. The van der Waals surface area contributed by atoms with Crippen molar-refractivity contribution in [1.29, 1.82) is 0 Å². The second kappa shape index (κ2) is 8.07. The number of halogens is 1. The molecule has 2 heterocycles. The zero-order valence-electron chi connectivity index (χ0n) is 15.9. The van der Waals surface area contributed by atoms with Gasteiger partial charge < -0.3 is 5.32 Å². The van der Waals surface area contributed by atoms with Crippen LogP contribution in [0, 0.1) is 5.92 Å². The second-order valence-electron chi connectivity index (χ2n) is 7.14. The molecule has 0 aliphatic heterocycles. The van der Waals surface area contributed by atoms with Crippen molar-refractivity contribution in [3.8, 4) is 0 Å². The highest BCUT2D eigenvalue weighted by Gasteiger charge is 2.20. The first-order valence-electron chi connectivity index (χ1n) is 8.74. The van der Waals surface area contributed by atoms with Crippen molar-refractivity contribution < 1.29 is 4.79 Å². The van der Waals surface area contributed by atoms with E-state index in [0.717, 1.165) is 23.8 Å². The first kappa shape index (κ1) is 20.2. The van der Waals surface area contributed by atoms with E-state index >= 15 is 0 Å². The minimum absolute atomic E-state index is 0.000843. The van der Waals surface area contributed by atoms with E-state index < -0.39 is 11.2 Å². The van der Waals surface area contributed by atoms with E-state index in [1.807, 2.05) is 6.92 Å². The van der Waals surface area contributed by atoms with Gasteiger partial charge in [-0.2, -0.15) is 4.98 Å². The summed E-state index contributed by atoms with van der Waals surface area (Å²) in [6, 6.07) is 0.0296. The third kappa shape index (κ3) is 4.17. The first-order valence-corrected chi connectivity index (χ1v) is 9.12. The maximum Gasteiger partial charge on any atom is 0.332 e. The van der Waals surface area contributed by atoms with Crippen molar-refractivity contribution in [3.63, 3.8) is 0 Å². The Morgan fingerprint density at radius 3 is 2.42 bits per heavy atom. The molecule has 1 N–H and O–H groups in total. The Hall–Kier alpha value is -2.09. The smallest absolute Gasteiger partial charge is 0.332 e. The summed E-state index contributed by atoms with van der Waals surface area (Å²) in [6.45, 7) is 6.17. The van der Waals surface area contributed by atoms with E-state index in [-0.39, 0.29) is 34.9 Å². The Bertz CT molecular complexity index is 925. The molecule has 2 aromatic rings. The van der Waals surface area contributed by atoms with Crippen molar-refractivity contribution in [1.82, 2.24) is 24.0 Å². The van der Waals surface area contributed by atoms with Crippen LogP contribution >= 0.6 is 11.6 Å². The number of rotatable bonds is 7. The van der Waals surface area contributed by atoms with Crippen molar-refractivity contribution in [2.45, 2.75) is 52.6 Å². The topological polar surface area (TPSA) is 90.9 Å². The Kier molecular flexibility index (Phi) is 6.28.